The van der Waals surface area contributed by atoms with Crippen LogP contribution in [0, 0.1) is 13.8 Å². The highest BCUT2D eigenvalue weighted by molar-refractivity contribution is 5.93. The van der Waals surface area contributed by atoms with E-state index in [1.807, 2.05) is 19.2 Å². The Morgan fingerprint density at radius 1 is 1.15 bits per heavy atom. The molecule has 0 aliphatic heterocycles. The summed E-state index contributed by atoms with van der Waals surface area (Å²) in [5.74, 6) is 0.612. The lowest BCUT2D eigenvalue weighted by Crippen LogP contribution is -1.93. The quantitative estimate of drug-likeness (QED) is 0.662. The van der Waals surface area contributed by atoms with E-state index in [0.29, 0.717) is 5.82 Å². The molecule has 0 bridgehead atoms. The molecule has 0 fully saturated rings. The molecule has 2 N–H and O–H groups in total. The maximum atomic E-state index is 5.76. The SMILES string of the molecule is Cc1ccc2c(N)ncc(C)c2c1. The number of fused-ring (bicyclic) bond motifs is 1. The van der Waals surface area contributed by atoms with Gasteiger partial charge in [0.05, 0.1) is 0 Å². The van der Waals surface area contributed by atoms with Crippen molar-refractivity contribution in [2.75, 3.05) is 5.73 Å². The molecule has 0 unspecified atom stereocenters. The molecule has 2 rings (SSSR count). The lowest BCUT2D eigenvalue weighted by molar-refractivity contribution is 1.31. The molecule has 0 atom stereocenters. The predicted octanol–water partition coefficient (Wildman–Crippen LogP) is 2.43. The number of pyridine rings is 1. The van der Waals surface area contributed by atoms with Crippen LogP contribution in [0.3, 0.4) is 0 Å². The lowest BCUT2D eigenvalue weighted by Gasteiger charge is -2.04. The van der Waals surface area contributed by atoms with Crippen LogP contribution < -0.4 is 5.73 Å². The summed E-state index contributed by atoms with van der Waals surface area (Å²) in [6, 6.07) is 6.22. The van der Waals surface area contributed by atoms with Crippen LogP contribution in [0.5, 0.6) is 0 Å². The summed E-state index contributed by atoms with van der Waals surface area (Å²) in [5, 5.41) is 2.25. The van der Waals surface area contributed by atoms with Crippen molar-refractivity contribution in [2.24, 2.45) is 0 Å². The van der Waals surface area contributed by atoms with Gasteiger partial charge in [0.1, 0.15) is 5.82 Å². The minimum atomic E-state index is 0.612. The van der Waals surface area contributed by atoms with E-state index in [2.05, 4.69) is 24.0 Å². The Hall–Kier alpha value is -1.57. The van der Waals surface area contributed by atoms with Crippen molar-refractivity contribution in [2.45, 2.75) is 13.8 Å². The lowest BCUT2D eigenvalue weighted by atomic mass is 10.1. The van der Waals surface area contributed by atoms with Crippen LogP contribution in [0.25, 0.3) is 10.8 Å². The molecular formula is C11H12N2. The Bertz CT molecular complexity index is 461. The molecule has 0 aliphatic rings. The molecule has 1 heterocycles. The van der Waals surface area contributed by atoms with Gasteiger partial charge < -0.3 is 5.73 Å². The molecular weight excluding hydrogens is 160 g/mol. The summed E-state index contributed by atoms with van der Waals surface area (Å²) in [4.78, 5) is 4.11. The van der Waals surface area contributed by atoms with Crippen LogP contribution in [0.1, 0.15) is 11.1 Å². The van der Waals surface area contributed by atoms with Crippen molar-refractivity contribution in [3.8, 4) is 0 Å². The molecule has 0 aliphatic carbocycles. The smallest absolute Gasteiger partial charge is 0.131 e. The van der Waals surface area contributed by atoms with Gasteiger partial charge in [0.2, 0.25) is 0 Å². The molecule has 0 radical (unpaired) electrons. The van der Waals surface area contributed by atoms with E-state index in [0.717, 1.165) is 5.39 Å². The molecule has 0 saturated heterocycles. The molecule has 1 aromatic heterocycles. The first-order chi connectivity index (χ1) is 6.18. The normalized spacial score (nSPS) is 10.6. The average molecular weight is 172 g/mol. The average Bonchev–Trinajstić information content (AvgIpc) is 2.12. The first-order valence-corrected chi connectivity index (χ1v) is 4.30. The number of aryl methyl sites for hydroxylation is 2. The maximum absolute atomic E-state index is 5.76. The van der Waals surface area contributed by atoms with Crippen LogP contribution >= 0.6 is 0 Å². The minimum Gasteiger partial charge on any atom is -0.383 e. The van der Waals surface area contributed by atoms with Crippen LogP contribution in [0.4, 0.5) is 5.82 Å². The number of aromatic nitrogens is 1. The highest BCUT2D eigenvalue weighted by atomic mass is 14.8. The van der Waals surface area contributed by atoms with Crippen molar-refractivity contribution >= 4 is 16.6 Å². The fourth-order valence-electron chi connectivity index (χ4n) is 1.51. The summed E-state index contributed by atoms with van der Waals surface area (Å²) in [5.41, 5.74) is 8.19. The largest absolute Gasteiger partial charge is 0.383 e. The van der Waals surface area contributed by atoms with E-state index >= 15 is 0 Å². The highest BCUT2D eigenvalue weighted by Crippen LogP contribution is 2.22. The summed E-state index contributed by atoms with van der Waals surface area (Å²) in [7, 11) is 0. The van der Waals surface area contributed by atoms with E-state index in [-0.39, 0.29) is 0 Å². The zero-order valence-electron chi connectivity index (χ0n) is 7.83. The molecule has 0 amide bonds. The molecule has 2 aromatic rings. The highest BCUT2D eigenvalue weighted by Gasteiger charge is 2.01. The number of rotatable bonds is 0. The van der Waals surface area contributed by atoms with Gasteiger partial charge in [-0.05, 0) is 24.8 Å². The van der Waals surface area contributed by atoms with Gasteiger partial charge >= 0.3 is 0 Å². The number of benzene rings is 1. The number of hydrogen-bond acceptors (Lipinski definition) is 2. The van der Waals surface area contributed by atoms with Gasteiger partial charge in [-0.15, -0.1) is 0 Å². The fraction of sp³-hybridized carbons (Fsp3) is 0.182. The van der Waals surface area contributed by atoms with E-state index < -0.39 is 0 Å². The molecule has 13 heavy (non-hydrogen) atoms. The second-order valence-electron chi connectivity index (χ2n) is 3.38. The number of nitrogen functional groups attached to an aromatic ring is 1. The summed E-state index contributed by atoms with van der Waals surface area (Å²) < 4.78 is 0. The first kappa shape index (κ1) is 8.05. The van der Waals surface area contributed by atoms with E-state index in [9.17, 15) is 0 Å². The van der Waals surface area contributed by atoms with Crippen molar-refractivity contribution in [3.05, 3.63) is 35.5 Å². The first-order valence-electron chi connectivity index (χ1n) is 4.30. The Balaban J connectivity index is 2.92. The van der Waals surface area contributed by atoms with E-state index in [1.54, 1.807) is 0 Å². The van der Waals surface area contributed by atoms with Gasteiger partial charge in [-0.3, -0.25) is 0 Å². The van der Waals surface area contributed by atoms with Gasteiger partial charge in [0.15, 0.2) is 0 Å². The molecule has 2 nitrogen and oxygen atoms in total. The van der Waals surface area contributed by atoms with Gasteiger partial charge in [-0.2, -0.15) is 0 Å². The van der Waals surface area contributed by atoms with Gasteiger partial charge in [0.25, 0.3) is 0 Å². The molecule has 66 valence electrons. The third-order valence-electron chi connectivity index (χ3n) is 2.27. The van der Waals surface area contributed by atoms with E-state index in [1.165, 1.54) is 16.5 Å². The zero-order chi connectivity index (χ0) is 9.42. The third-order valence-corrected chi connectivity index (χ3v) is 2.27. The molecule has 0 saturated carbocycles. The fourth-order valence-corrected chi connectivity index (χ4v) is 1.51. The number of nitrogens with zero attached hydrogens (tertiary/aromatic N) is 1. The monoisotopic (exact) mass is 172 g/mol. The van der Waals surface area contributed by atoms with Crippen LogP contribution in [0.2, 0.25) is 0 Å². The van der Waals surface area contributed by atoms with Gasteiger partial charge in [-0.1, -0.05) is 23.8 Å². The molecule has 2 heteroatoms. The van der Waals surface area contributed by atoms with Crippen molar-refractivity contribution in [1.29, 1.82) is 0 Å². The Morgan fingerprint density at radius 3 is 2.69 bits per heavy atom. The predicted molar refractivity (Wildman–Crippen MR) is 55.6 cm³/mol. The number of hydrogen-bond donors (Lipinski definition) is 1. The van der Waals surface area contributed by atoms with Crippen LogP contribution in [-0.2, 0) is 0 Å². The Morgan fingerprint density at radius 2 is 1.92 bits per heavy atom. The Labute approximate surface area is 77.4 Å². The van der Waals surface area contributed by atoms with Crippen LogP contribution in [0.15, 0.2) is 24.4 Å². The third kappa shape index (κ3) is 1.24. The molecule has 1 aromatic carbocycles. The number of nitrogens with two attached hydrogens (primary N) is 1. The topological polar surface area (TPSA) is 38.9 Å². The Kier molecular flexibility index (Phi) is 1.69. The number of anilines is 1. The second kappa shape index (κ2) is 2.73. The summed E-state index contributed by atoms with van der Waals surface area (Å²) in [6.45, 7) is 4.13. The van der Waals surface area contributed by atoms with E-state index in [4.69, 9.17) is 5.73 Å². The second-order valence-corrected chi connectivity index (χ2v) is 3.38. The summed E-state index contributed by atoms with van der Waals surface area (Å²) >= 11 is 0. The van der Waals surface area contributed by atoms with Crippen molar-refractivity contribution < 1.29 is 0 Å². The molecule has 0 spiro atoms. The summed E-state index contributed by atoms with van der Waals surface area (Å²) in [6.07, 6.45) is 1.82. The van der Waals surface area contributed by atoms with Gasteiger partial charge in [-0.25, -0.2) is 4.98 Å². The standard InChI is InChI=1S/C11H12N2/c1-7-3-4-9-10(5-7)8(2)6-13-11(9)12/h3-6H,1-2H3,(H2,12,13). The minimum absolute atomic E-state index is 0.612. The van der Waals surface area contributed by atoms with Crippen LogP contribution in [-0.4, -0.2) is 4.98 Å². The zero-order valence-corrected chi connectivity index (χ0v) is 7.83. The van der Waals surface area contributed by atoms with Gasteiger partial charge in [0, 0.05) is 11.6 Å². The van der Waals surface area contributed by atoms with Crippen molar-refractivity contribution in [3.63, 3.8) is 0 Å². The van der Waals surface area contributed by atoms with Crippen molar-refractivity contribution in [1.82, 2.24) is 4.98 Å². The maximum Gasteiger partial charge on any atom is 0.131 e.